The molecule has 0 saturated carbocycles. The lowest BCUT2D eigenvalue weighted by Gasteiger charge is -2.21. The van der Waals surface area contributed by atoms with Gasteiger partial charge in [0.15, 0.2) is 17.3 Å². The number of fused-ring (bicyclic) bond motifs is 2. The average Bonchev–Trinajstić information content (AvgIpc) is 2.65. The summed E-state index contributed by atoms with van der Waals surface area (Å²) in [7, 11) is 0. The van der Waals surface area contributed by atoms with E-state index in [1.54, 1.807) is 37.3 Å². The molecule has 5 nitrogen and oxygen atoms in total. The van der Waals surface area contributed by atoms with Gasteiger partial charge in [0.1, 0.15) is 11.5 Å². The number of allylic oxidation sites excluding steroid dienone is 4. The van der Waals surface area contributed by atoms with Gasteiger partial charge in [0, 0.05) is 22.2 Å². The molecule has 136 valence electrons. The Morgan fingerprint density at radius 2 is 1.74 bits per heavy atom. The van der Waals surface area contributed by atoms with Gasteiger partial charge in [-0.25, -0.2) is 0 Å². The molecule has 3 N–H and O–H groups in total. The molecule has 0 unspecified atom stereocenters. The van der Waals surface area contributed by atoms with E-state index in [0.717, 1.165) is 0 Å². The first-order valence-electron chi connectivity index (χ1n) is 8.03. The highest BCUT2D eigenvalue weighted by atomic mass is 35.5. The van der Waals surface area contributed by atoms with E-state index in [4.69, 9.17) is 22.1 Å². The van der Waals surface area contributed by atoms with Crippen molar-refractivity contribution in [3.8, 4) is 11.5 Å². The van der Waals surface area contributed by atoms with Gasteiger partial charge in [-0.15, -0.1) is 0 Å². The smallest absolute Gasteiger partial charge is 0.198 e. The Morgan fingerprint density at radius 1 is 1.15 bits per heavy atom. The lowest BCUT2D eigenvalue weighted by Crippen LogP contribution is -2.22. The van der Waals surface area contributed by atoms with Crippen LogP contribution < -0.4 is 10.5 Å². The number of hydrogen-bond donors (Lipinski definition) is 2. The summed E-state index contributed by atoms with van der Waals surface area (Å²) in [5, 5.41) is 10.9. The first-order valence-corrected chi connectivity index (χ1v) is 8.41. The van der Waals surface area contributed by atoms with Crippen molar-refractivity contribution in [2.45, 2.75) is 6.92 Å². The summed E-state index contributed by atoms with van der Waals surface area (Å²) in [4.78, 5) is 25.6. The predicted molar refractivity (Wildman–Crippen MR) is 104 cm³/mol. The molecular formula is C21H16ClNO4. The molecule has 0 saturated heterocycles. The number of nitrogens with two attached hydrogens (primary N) is 1. The molecule has 2 aromatic rings. The third kappa shape index (κ3) is 3.25. The number of phenols is 1. The third-order valence-corrected chi connectivity index (χ3v) is 4.21. The summed E-state index contributed by atoms with van der Waals surface area (Å²) in [6.07, 6.45) is 4.58. The van der Waals surface area contributed by atoms with Crippen LogP contribution in [0.25, 0.3) is 0 Å². The van der Waals surface area contributed by atoms with E-state index in [9.17, 15) is 14.7 Å². The average molecular weight is 382 g/mol. The summed E-state index contributed by atoms with van der Waals surface area (Å²) < 4.78 is 5.65. The lowest BCUT2D eigenvalue weighted by molar-refractivity contribution is 0.0977. The SMILES string of the molecule is C=C/C(=C\C=C(/C)Cl)Oc1cc(O)c2c(c1N)C(=O)c1ccccc1C2=O. The Kier molecular flexibility index (Phi) is 4.88. The van der Waals surface area contributed by atoms with E-state index in [0.29, 0.717) is 10.8 Å². The summed E-state index contributed by atoms with van der Waals surface area (Å²) in [5.41, 5.74) is 6.37. The number of carbonyl (C=O) groups excluding carboxylic acids is 2. The van der Waals surface area contributed by atoms with Crippen LogP contribution >= 0.6 is 11.6 Å². The molecule has 0 aromatic heterocycles. The van der Waals surface area contributed by atoms with Gasteiger partial charge in [0.2, 0.25) is 0 Å². The monoisotopic (exact) mass is 381 g/mol. The number of phenolic OH excluding ortho intramolecular Hbond substituents is 1. The van der Waals surface area contributed by atoms with Crippen molar-refractivity contribution in [3.63, 3.8) is 0 Å². The van der Waals surface area contributed by atoms with Crippen LogP contribution in [0.4, 0.5) is 5.69 Å². The van der Waals surface area contributed by atoms with E-state index >= 15 is 0 Å². The lowest BCUT2D eigenvalue weighted by atomic mass is 9.82. The fourth-order valence-corrected chi connectivity index (χ4v) is 2.89. The van der Waals surface area contributed by atoms with Crippen molar-refractivity contribution >= 4 is 28.9 Å². The van der Waals surface area contributed by atoms with Gasteiger partial charge in [0.05, 0.1) is 16.8 Å². The number of nitrogen functional groups attached to an aromatic ring is 1. The molecule has 0 fully saturated rings. The number of ketones is 2. The Morgan fingerprint density at radius 3 is 2.30 bits per heavy atom. The Bertz CT molecular complexity index is 1050. The molecule has 0 heterocycles. The maximum atomic E-state index is 12.9. The quantitative estimate of drug-likeness (QED) is 0.303. The fourth-order valence-electron chi connectivity index (χ4n) is 2.83. The van der Waals surface area contributed by atoms with E-state index < -0.39 is 11.6 Å². The van der Waals surface area contributed by atoms with E-state index in [2.05, 4.69) is 6.58 Å². The summed E-state index contributed by atoms with van der Waals surface area (Å²) >= 11 is 5.80. The number of benzene rings is 2. The van der Waals surface area contributed by atoms with Crippen LogP contribution in [-0.4, -0.2) is 16.7 Å². The van der Waals surface area contributed by atoms with Crippen molar-refractivity contribution < 1.29 is 19.4 Å². The molecular weight excluding hydrogens is 366 g/mol. The fraction of sp³-hybridized carbons (Fsp3) is 0.0476. The van der Waals surface area contributed by atoms with Crippen LogP contribution in [0.2, 0.25) is 0 Å². The van der Waals surface area contributed by atoms with Crippen LogP contribution in [0.3, 0.4) is 0 Å². The number of hydrogen-bond acceptors (Lipinski definition) is 5. The highest BCUT2D eigenvalue weighted by Gasteiger charge is 2.35. The zero-order valence-electron chi connectivity index (χ0n) is 14.5. The second-order valence-electron chi connectivity index (χ2n) is 5.89. The van der Waals surface area contributed by atoms with Gasteiger partial charge in [0.25, 0.3) is 0 Å². The predicted octanol–water partition coefficient (Wildman–Crippen LogP) is 4.34. The van der Waals surface area contributed by atoms with Crippen molar-refractivity contribution in [3.05, 3.63) is 88.2 Å². The largest absolute Gasteiger partial charge is 0.507 e. The molecule has 0 spiro atoms. The molecule has 1 aliphatic carbocycles. The Balaban J connectivity index is 2.15. The van der Waals surface area contributed by atoms with E-state index in [1.165, 1.54) is 18.2 Å². The molecule has 1 aliphatic rings. The number of anilines is 1. The highest BCUT2D eigenvalue weighted by molar-refractivity contribution is 6.31. The van der Waals surface area contributed by atoms with Crippen LogP contribution in [-0.2, 0) is 0 Å². The number of halogens is 1. The number of aromatic hydroxyl groups is 1. The Labute approximate surface area is 161 Å². The van der Waals surface area contributed by atoms with Gasteiger partial charge < -0.3 is 15.6 Å². The summed E-state index contributed by atoms with van der Waals surface area (Å²) in [6.45, 7) is 5.34. The third-order valence-electron chi connectivity index (χ3n) is 4.09. The highest BCUT2D eigenvalue weighted by Crippen LogP contribution is 2.41. The zero-order chi connectivity index (χ0) is 19.7. The van der Waals surface area contributed by atoms with Crippen LogP contribution in [0.1, 0.15) is 38.8 Å². The van der Waals surface area contributed by atoms with Gasteiger partial charge in [-0.1, -0.05) is 42.4 Å². The summed E-state index contributed by atoms with van der Waals surface area (Å²) in [6, 6.07) is 7.61. The molecule has 6 heteroatoms. The molecule has 0 amide bonds. The minimum absolute atomic E-state index is 0.0324. The molecule has 2 aromatic carbocycles. The van der Waals surface area contributed by atoms with Crippen LogP contribution in [0.15, 0.2) is 65.9 Å². The standard InChI is InChI=1S/C21H16ClNO4/c1-3-12(9-8-11(2)22)27-16-10-15(24)17-18(19(16)23)21(26)14-7-5-4-6-13(14)20(17)25/h3-10,24H,1,23H2,2H3/b11-8+,12-9+. The van der Waals surface area contributed by atoms with Crippen molar-refractivity contribution in [1.82, 2.24) is 0 Å². The van der Waals surface area contributed by atoms with E-state index in [-0.39, 0.29) is 39.4 Å². The molecule has 0 bridgehead atoms. The number of ether oxygens (including phenoxy) is 1. The van der Waals surface area contributed by atoms with Crippen molar-refractivity contribution in [2.75, 3.05) is 5.73 Å². The maximum absolute atomic E-state index is 12.9. The van der Waals surface area contributed by atoms with Crippen LogP contribution in [0.5, 0.6) is 11.5 Å². The molecule has 0 aliphatic heterocycles. The summed E-state index contributed by atoms with van der Waals surface area (Å²) in [5.74, 6) is -0.945. The minimum Gasteiger partial charge on any atom is -0.507 e. The first-order chi connectivity index (χ1) is 12.8. The molecule has 3 rings (SSSR count). The van der Waals surface area contributed by atoms with Crippen molar-refractivity contribution in [2.24, 2.45) is 0 Å². The topological polar surface area (TPSA) is 89.6 Å². The molecule has 0 atom stereocenters. The zero-order valence-corrected chi connectivity index (χ0v) is 15.2. The van der Waals surface area contributed by atoms with Gasteiger partial charge in [-0.05, 0) is 25.2 Å². The number of rotatable bonds is 4. The minimum atomic E-state index is -0.462. The van der Waals surface area contributed by atoms with Gasteiger partial charge in [-0.3, -0.25) is 9.59 Å². The van der Waals surface area contributed by atoms with Gasteiger partial charge in [-0.2, -0.15) is 0 Å². The second kappa shape index (κ2) is 7.13. The van der Waals surface area contributed by atoms with E-state index in [1.807, 2.05) is 0 Å². The number of carbonyl (C=O) groups is 2. The second-order valence-corrected chi connectivity index (χ2v) is 6.49. The van der Waals surface area contributed by atoms with Crippen LogP contribution in [0, 0.1) is 0 Å². The Hall–Kier alpha value is -3.31. The maximum Gasteiger partial charge on any atom is 0.198 e. The van der Waals surface area contributed by atoms with Gasteiger partial charge >= 0.3 is 0 Å². The van der Waals surface area contributed by atoms with Crippen molar-refractivity contribution in [1.29, 1.82) is 0 Å². The first kappa shape index (κ1) is 18.5. The molecule has 27 heavy (non-hydrogen) atoms. The normalized spacial score (nSPS) is 13.9. The molecule has 0 radical (unpaired) electrons.